The monoisotopic (exact) mass is 550 g/mol. The van der Waals surface area contributed by atoms with Crippen molar-refractivity contribution in [2.24, 2.45) is 0 Å². The molecule has 5 aromatic rings. The first kappa shape index (κ1) is 27.2. The molecule has 0 aliphatic rings. The number of carbonyl (C=O) groups excluding carboxylic acids is 2. The Morgan fingerprint density at radius 1 is 0.634 bits per heavy atom. The molecule has 0 bridgehead atoms. The van der Waals surface area contributed by atoms with E-state index in [0.717, 1.165) is 16.7 Å². The molecule has 0 radical (unpaired) electrons. The molecule has 41 heavy (non-hydrogen) atoms. The van der Waals surface area contributed by atoms with Crippen LogP contribution >= 0.6 is 0 Å². The molecule has 0 saturated carbocycles. The van der Waals surface area contributed by atoms with E-state index in [-0.39, 0.29) is 36.9 Å². The first-order valence-electron chi connectivity index (χ1n) is 12.9. The van der Waals surface area contributed by atoms with Crippen LogP contribution in [0.3, 0.4) is 0 Å². The summed E-state index contributed by atoms with van der Waals surface area (Å²) in [6.07, 6.45) is 0. The normalized spacial score (nSPS) is 10.6. The highest BCUT2D eigenvalue weighted by atomic mass is 16.6. The first-order chi connectivity index (χ1) is 20.0. The van der Waals surface area contributed by atoms with Crippen LogP contribution in [0.1, 0.15) is 11.1 Å². The minimum absolute atomic E-state index is 0.0994. The summed E-state index contributed by atoms with van der Waals surface area (Å²) in [5.41, 5.74) is 2.58. The molecule has 8 heteroatoms. The van der Waals surface area contributed by atoms with Gasteiger partial charge in [-0.3, -0.25) is 0 Å². The fourth-order valence-electron chi connectivity index (χ4n) is 4.12. The van der Waals surface area contributed by atoms with Gasteiger partial charge in [-0.25, -0.2) is 14.4 Å². The van der Waals surface area contributed by atoms with E-state index in [1.54, 1.807) is 0 Å². The maximum absolute atomic E-state index is 12.5. The molecular weight excluding hydrogens is 524 g/mol. The molecule has 1 aromatic heterocycles. The standard InChI is InChI=1S/C33H26O8/c34-30-18-27(25-14-8-3-9-15-25)33-28(38-22-32(36)40-20-24-12-6-2-7-13-24)16-26(17-29(33)41-30)37-21-31(35)39-19-23-10-4-1-5-11-23/h1-18H,19-22H2. The average Bonchev–Trinajstić information content (AvgIpc) is 3.01. The number of esters is 2. The number of carbonyl (C=O) groups is 2. The van der Waals surface area contributed by atoms with Crippen LogP contribution in [0.2, 0.25) is 0 Å². The van der Waals surface area contributed by atoms with Crippen molar-refractivity contribution in [1.82, 2.24) is 0 Å². The van der Waals surface area contributed by atoms with Gasteiger partial charge in [-0.05, 0) is 16.7 Å². The van der Waals surface area contributed by atoms with Gasteiger partial charge in [0.2, 0.25) is 0 Å². The van der Waals surface area contributed by atoms with Crippen molar-refractivity contribution < 1.29 is 33.0 Å². The van der Waals surface area contributed by atoms with Crippen LogP contribution < -0.4 is 15.1 Å². The minimum atomic E-state index is -0.587. The molecule has 0 N–H and O–H groups in total. The Hall–Kier alpha value is -5.37. The maximum atomic E-state index is 12.5. The van der Waals surface area contributed by atoms with Gasteiger partial charge >= 0.3 is 17.6 Å². The second-order valence-electron chi connectivity index (χ2n) is 9.01. The number of fused-ring (bicyclic) bond motifs is 1. The lowest BCUT2D eigenvalue weighted by molar-refractivity contribution is -0.148. The Balaban J connectivity index is 1.37. The molecule has 5 rings (SSSR count). The Morgan fingerprint density at radius 3 is 1.76 bits per heavy atom. The van der Waals surface area contributed by atoms with Gasteiger partial charge in [0.15, 0.2) is 13.2 Å². The fraction of sp³-hybridized carbons (Fsp3) is 0.121. The summed E-state index contributed by atoms with van der Waals surface area (Å²) >= 11 is 0. The lowest BCUT2D eigenvalue weighted by atomic mass is 10.0. The molecule has 1 heterocycles. The van der Waals surface area contributed by atoms with Crippen molar-refractivity contribution >= 4 is 22.9 Å². The van der Waals surface area contributed by atoms with Gasteiger partial charge in [-0.2, -0.15) is 0 Å². The molecular formula is C33H26O8. The van der Waals surface area contributed by atoms with Crippen LogP contribution in [0, 0.1) is 0 Å². The largest absolute Gasteiger partial charge is 0.482 e. The first-order valence-corrected chi connectivity index (χ1v) is 12.9. The highest BCUT2D eigenvalue weighted by Gasteiger charge is 2.18. The smallest absolute Gasteiger partial charge is 0.344 e. The molecule has 0 aliphatic carbocycles. The Morgan fingerprint density at radius 2 is 1.17 bits per heavy atom. The Labute approximate surface area is 235 Å². The summed E-state index contributed by atoms with van der Waals surface area (Å²) in [5.74, 6) is -0.763. The van der Waals surface area contributed by atoms with Crippen molar-refractivity contribution in [2.75, 3.05) is 13.2 Å². The fourth-order valence-corrected chi connectivity index (χ4v) is 4.12. The second kappa shape index (κ2) is 13.1. The van der Waals surface area contributed by atoms with E-state index in [2.05, 4.69) is 0 Å². The number of benzene rings is 4. The highest BCUT2D eigenvalue weighted by molar-refractivity contribution is 5.98. The number of hydrogen-bond donors (Lipinski definition) is 0. The molecule has 0 aliphatic heterocycles. The Kier molecular flexibility index (Phi) is 8.71. The summed E-state index contributed by atoms with van der Waals surface area (Å²) in [5, 5.41) is 0.464. The van der Waals surface area contributed by atoms with Crippen molar-refractivity contribution in [1.29, 1.82) is 0 Å². The molecule has 0 amide bonds. The lowest BCUT2D eigenvalue weighted by Gasteiger charge is -2.15. The quantitative estimate of drug-likeness (QED) is 0.152. The predicted molar refractivity (Wildman–Crippen MR) is 151 cm³/mol. The summed E-state index contributed by atoms with van der Waals surface area (Å²) in [4.78, 5) is 37.3. The van der Waals surface area contributed by atoms with Crippen molar-refractivity contribution in [3.8, 4) is 22.6 Å². The van der Waals surface area contributed by atoms with Gasteiger partial charge in [0.25, 0.3) is 0 Å². The molecule has 0 saturated heterocycles. The minimum Gasteiger partial charge on any atom is -0.482 e. The van der Waals surface area contributed by atoms with Gasteiger partial charge in [-0.15, -0.1) is 0 Å². The van der Waals surface area contributed by atoms with Gasteiger partial charge in [-0.1, -0.05) is 91.0 Å². The number of rotatable bonds is 11. The average molecular weight is 551 g/mol. The molecule has 8 nitrogen and oxygen atoms in total. The van der Waals surface area contributed by atoms with E-state index in [1.807, 2.05) is 91.0 Å². The zero-order chi connectivity index (χ0) is 28.4. The van der Waals surface area contributed by atoms with Crippen LogP contribution in [0.15, 0.2) is 118 Å². The second-order valence-corrected chi connectivity index (χ2v) is 9.01. The number of ether oxygens (including phenoxy) is 4. The van der Waals surface area contributed by atoms with E-state index in [0.29, 0.717) is 10.9 Å². The van der Waals surface area contributed by atoms with Crippen molar-refractivity contribution in [2.45, 2.75) is 13.2 Å². The van der Waals surface area contributed by atoms with Crippen LogP contribution in [-0.2, 0) is 32.3 Å². The van der Waals surface area contributed by atoms with Crippen LogP contribution in [0.5, 0.6) is 11.5 Å². The summed E-state index contributed by atoms with van der Waals surface area (Å²) in [6, 6.07) is 32.2. The van der Waals surface area contributed by atoms with E-state index in [1.165, 1.54) is 18.2 Å². The topological polar surface area (TPSA) is 101 Å². The van der Waals surface area contributed by atoms with E-state index >= 15 is 0 Å². The predicted octanol–water partition coefficient (Wildman–Crippen LogP) is 5.70. The van der Waals surface area contributed by atoms with Crippen LogP contribution in [0.25, 0.3) is 22.1 Å². The van der Waals surface area contributed by atoms with Gasteiger partial charge < -0.3 is 23.4 Å². The zero-order valence-electron chi connectivity index (χ0n) is 22.0. The SMILES string of the molecule is O=C(COc1cc(OCC(=O)OCc2ccccc2)c2c(-c3ccccc3)cc(=O)oc2c1)OCc1ccccc1. The van der Waals surface area contributed by atoms with Crippen LogP contribution in [-0.4, -0.2) is 25.2 Å². The maximum Gasteiger partial charge on any atom is 0.344 e. The third-order valence-electron chi connectivity index (χ3n) is 6.05. The van der Waals surface area contributed by atoms with Gasteiger partial charge in [0, 0.05) is 23.8 Å². The molecule has 4 aromatic carbocycles. The zero-order valence-corrected chi connectivity index (χ0v) is 22.0. The highest BCUT2D eigenvalue weighted by Crippen LogP contribution is 2.37. The van der Waals surface area contributed by atoms with E-state index < -0.39 is 24.2 Å². The van der Waals surface area contributed by atoms with Gasteiger partial charge in [0.05, 0.1) is 5.39 Å². The Bertz CT molecular complexity index is 1680. The van der Waals surface area contributed by atoms with E-state index in [9.17, 15) is 14.4 Å². The lowest BCUT2D eigenvalue weighted by Crippen LogP contribution is -2.16. The summed E-state index contributed by atoms with van der Waals surface area (Å²) in [7, 11) is 0. The van der Waals surface area contributed by atoms with Crippen molar-refractivity contribution in [3.05, 3.63) is 131 Å². The molecule has 0 fully saturated rings. The van der Waals surface area contributed by atoms with Crippen LogP contribution in [0.4, 0.5) is 0 Å². The molecule has 0 atom stereocenters. The molecule has 0 unspecified atom stereocenters. The van der Waals surface area contributed by atoms with Crippen molar-refractivity contribution in [3.63, 3.8) is 0 Å². The number of hydrogen-bond acceptors (Lipinski definition) is 8. The third kappa shape index (κ3) is 7.39. The van der Waals surface area contributed by atoms with E-state index in [4.69, 9.17) is 23.4 Å². The summed E-state index contributed by atoms with van der Waals surface area (Å²) in [6.45, 7) is -0.588. The molecule has 0 spiro atoms. The van der Waals surface area contributed by atoms with Gasteiger partial charge in [0.1, 0.15) is 30.3 Å². The molecule has 206 valence electrons. The third-order valence-corrected chi connectivity index (χ3v) is 6.05. The summed E-state index contributed by atoms with van der Waals surface area (Å²) < 4.78 is 27.7.